The van der Waals surface area contributed by atoms with E-state index in [1.54, 1.807) is 12.1 Å². The molecule has 6 nitrogen and oxygen atoms in total. The number of hydrogen-bond acceptors (Lipinski definition) is 4. The molecular weight excluding hydrogens is 338 g/mol. The smallest absolute Gasteiger partial charge is 0.238 e. The summed E-state index contributed by atoms with van der Waals surface area (Å²) in [5, 5.41) is 11.3. The Morgan fingerprint density at radius 2 is 1.87 bits per heavy atom. The van der Waals surface area contributed by atoms with Crippen LogP contribution in [-0.2, 0) is 21.4 Å². The molecule has 1 saturated carbocycles. The van der Waals surface area contributed by atoms with Gasteiger partial charge in [-0.2, -0.15) is 0 Å². The molecule has 23 heavy (non-hydrogen) atoms. The van der Waals surface area contributed by atoms with Gasteiger partial charge >= 0.3 is 0 Å². The second kappa shape index (κ2) is 6.76. The van der Waals surface area contributed by atoms with Crippen LogP contribution in [0.5, 0.6) is 0 Å². The highest BCUT2D eigenvalue weighted by Gasteiger charge is 2.57. The van der Waals surface area contributed by atoms with Gasteiger partial charge < -0.3 is 10.6 Å². The Kier molecular flexibility index (Phi) is 5.35. The number of halogens is 1. The fourth-order valence-corrected chi connectivity index (χ4v) is 3.82. The van der Waals surface area contributed by atoms with Gasteiger partial charge in [-0.3, -0.25) is 4.79 Å². The number of carbonyl (C=O) groups is 1. The minimum Gasteiger partial charge on any atom is -0.352 e. The first kappa shape index (κ1) is 18.2. The molecule has 0 radical (unpaired) electrons. The third-order valence-corrected chi connectivity index (χ3v) is 5.75. The lowest BCUT2D eigenvalue weighted by atomic mass is 9.92. The SMILES string of the molecule is Cl.NS(=O)(=O)c1ccc(CNC(=O)C2CC23CCNCC3)cc1. The van der Waals surface area contributed by atoms with Crippen LogP contribution in [-0.4, -0.2) is 27.4 Å². The fraction of sp³-hybridized carbons (Fsp3) is 0.533. The molecule has 1 saturated heterocycles. The number of rotatable bonds is 4. The molecule has 3 rings (SSSR count). The fourth-order valence-electron chi connectivity index (χ4n) is 3.31. The lowest BCUT2D eigenvalue weighted by Gasteiger charge is -2.23. The first-order valence-corrected chi connectivity index (χ1v) is 9.06. The topological polar surface area (TPSA) is 101 Å². The number of sulfonamides is 1. The van der Waals surface area contributed by atoms with Crippen molar-refractivity contribution < 1.29 is 13.2 Å². The summed E-state index contributed by atoms with van der Waals surface area (Å²) in [6.07, 6.45) is 3.15. The Morgan fingerprint density at radius 1 is 1.26 bits per heavy atom. The molecule has 8 heteroatoms. The number of benzene rings is 1. The van der Waals surface area contributed by atoms with Gasteiger partial charge in [-0.05, 0) is 55.5 Å². The first-order chi connectivity index (χ1) is 10.4. The van der Waals surface area contributed by atoms with E-state index in [1.165, 1.54) is 12.1 Å². The Labute approximate surface area is 142 Å². The van der Waals surface area contributed by atoms with E-state index in [-0.39, 0.29) is 34.5 Å². The molecule has 1 amide bonds. The van der Waals surface area contributed by atoms with Gasteiger partial charge in [-0.15, -0.1) is 12.4 Å². The Hall–Kier alpha value is -1.15. The third-order valence-electron chi connectivity index (χ3n) is 4.82. The molecule has 1 unspecified atom stereocenters. The number of carbonyl (C=O) groups excluding carboxylic acids is 1. The molecular formula is C15H22ClN3O3S. The van der Waals surface area contributed by atoms with Crippen molar-refractivity contribution >= 4 is 28.3 Å². The van der Waals surface area contributed by atoms with E-state index in [2.05, 4.69) is 10.6 Å². The van der Waals surface area contributed by atoms with E-state index >= 15 is 0 Å². The molecule has 128 valence electrons. The highest BCUT2D eigenvalue weighted by Crippen LogP contribution is 2.58. The van der Waals surface area contributed by atoms with Gasteiger partial charge in [0.2, 0.25) is 15.9 Å². The zero-order valence-corrected chi connectivity index (χ0v) is 14.4. The molecule has 1 aliphatic carbocycles. The molecule has 2 aliphatic rings. The summed E-state index contributed by atoms with van der Waals surface area (Å²) in [5.41, 5.74) is 1.09. The number of amides is 1. The van der Waals surface area contributed by atoms with Gasteiger partial charge in [0, 0.05) is 12.5 Å². The van der Waals surface area contributed by atoms with Gasteiger partial charge in [0.1, 0.15) is 0 Å². The molecule has 0 aromatic heterocycles. The van der Waals surface area contributed by atoms with Crippen molar-refractivity contribution in [1.82, 2.24) is 10.6 Å². The van der Waals surface area contributed by atoms with Crippen LogP contribution in [0.1, 0.15) is 24.8 Å². The number of hydrogen-bond donors (Lipinski definition) is 3. The van der Waals surface area contributed by atoms with Crippen LogP contribution in [0, 0.1) is 11.3 Å². The first-order valence-electron chi connectivity index (χ1n) is 7.51. The van der Waals surface area contributed by atoms with Crippen molar-refractivity contribution in [3.05, 3.63) is 29.8 Å². The maximum Gasteiger partial charge on any atom is 0.238 e. The summed E-state index contributed by atoms with van der Waals surface area (Å²) >= 11 is 0. The molecule has 1 aromatic carbocycles. The summed E-state index contributed by atoms with van der Waals surface area (Å²) in [7, 11) is -3.67. The van der Waals surface area contributed by atoms with Crippen LogP contribution in [0.15, 0.2) is 29.2 Å². The van der Waals surface area contributed by atoms with E-state index in [9.17, 15) is 13.2 Å². The van der Waals surface area contributed by atoms with Crippen molar-refractivity contribution in [2.75, 3.05) is 13.1 Å². The average Bonchev–Trinajstić information content (AvgIpc) is 3.18. The summed E-state index contributed by atoms with van der Waals surface area (Å²) in [4.78, 5) is 12.3. The zero-order valence-electron chi connectivity index (χ0n) is 12.7. The van der Waals surface area contributed by atoms with Gasteiger partial charge in [0.25, 0.3) is 0 Å². The lowest BCUT2D eigenvalue weighted by molar-refractivity contribution is -0.123. The van der Waals surface area contributed by atoms with Crippen molar-refractivity contribution in [3.63, 3.8) is 0 Å². The van der Waals surface area contributed by atoms with Gasteiger partial charge in [-0.1, -0.05) is 12.1 Å². The normalized spacial score (nSPS) is 22.2. The quantitative estimate of drug-likeness (QED) is 0.738. The van der Waals surface area contributed by atoms with Crippen LogP contribution >= 0.6 is 12.4 Å². The van der Waals surface area contributed by atoms with Crippen LogP contribution in [0.2, 0.25) is 0 Å². The second-order valence-electron chi connectivity index (χ2n) is 6.28. The third kappa shape index (κ3) is 4.03. The molecule has 1 atom stereocenters. The number of piperidine rings is 1. The van der Waals surface area contributed by atoms with E-state index in [0.717, 1.165) is 37.9 Å². The predicted octanol–water partition coefficient (Wildman–Crippen LogP) is 0.762. The Bertz CT molecular complexity index is 670. The maximum atomic E-state index is 12.2. The summed E-state index contributed by atoms with van der Waals surface area (Å²) < 4.78 is 22.4. The minimum atomic E-state index is -3.67. The number of nitrogens with two attached hydrogens (primary N) is 1. The molecule has 4 N–H and O–H groups in total. The highest BCUT2D eigenvalue weighted by atomic mass is 35.5. The summed E-state index contributed by atoms with van der Waals surface area (Å²) in [5.74, 6) is 0.246. The van der Waals surface area contributed by atoms with Gasteiger partial charge in [0.15, 0.2) is 0 Å². The Morgan fingerprint density at radius 3 is 2.43 bits per heavy atom. The lowest BCUT2D eigenvalue weighted by Crippen LogP contribution is -2.33. The van der Waals surface area contributed by atoms with E-state index < -0.39 is 10.0 Å². The number of nitrogens with one attached hydrogen (secondary N) is 2. The zero-order chi connectivity index (χ0) is 15.8. The van der Waals surface area contributed by atoms with Crippen molar-refractivity contribution in [2.24, 2.45) is 16.5 Å². The largest absolute Gasteiger partial charge is 0.352 e. The van der Waals surface area contributed by atoms with Crippen molar-refractivity contribution in [1.29, 1.82) is 0 Å². The molecule has 0 bridgehead atoms. The molecule has 1 spiro atoms. The second-order valence-corrected chi connectivity index (χ2v) is 7.84. The standard InChI is InChI=1S/C15H21N3O3S.ClH/c16-22(20,21)12-3-1-11(2-4-12)10-18-14(19)13-9-15(13)5-7-17-8-6-15;/h1-4,13,17H,5-10H2,(H,18,19)(H2,16,20,21);1H. The maximum absolute atomic E-state index is 12.2. The van der Waals surface area contributed by atoms with E-state index in [0.29, 0.717) is 6.54 Å². The number of primary sulfonamides is 1. The predicted molar refractivity (Wildman–Crippen MR) is 89.6 cm³/mol. The van der Waals surface area contributed by atoms with Crippen molar-refractivity contribution in [2.45, 2.75) is 30.7 Å². The molecule has 1 aromatic rings. The summed E-state index contributed by atoms with van der Waals surface area (Å²) in [6.45, 7) is 2.41. The van der Waals surface area contributed by atoms with E-state index in [1.807, 2.05) is 0 Å². The van der Waals surface area contributed by atoms with Gasteiger partial charge in [0.05, 0.1) is 4.90 Å². The average molecular weight is 360 g/mol. The van der Waals surface area contributed by atoms with Gasteiger partial charge in [-0.25, -0.2) is 13.6 Å². The molecule has 1 aliphatic heterocycles. The Balaban J connectivity index is 0.00000192. The van der Waals surface area contributed by atoms with Crippen LogP contribution < -0.4 is 15.8 Å². The van der Waals surface area contributed by atoms with Crippen LogP contribution in [0.3, 0.4) is 0 Å². The molecule has 1 heterocycles. The minimum absolute atomic E-state index is 0. The van der Waals surface area contributed by atoms with Crippen molar-refractivity contribution in [3.8, 4) is 0 Å². The summed E-state index contributed by atoms with van der Waals surface area (Å²) in [6, 6.07) is 6.27. The van der Waals surface area contributed by atoms with E-state index in [4.69, 9.17) is 5.14 Å². The molecule has 2 fully saturated rings. The monoisotopic (exact) mass is 359 g/mol. The van der Waals surface area contributed by atoms with Crippen LogP contribution in [0.4, 0.5) is 0 Å². The highest BCUT2D eigenvalue weighted by molar-refractivity contribution is 7.89. The van der Waals surface area contributed by atoms with Crippen LogP contribution in [0.25, 0.3) is 0 Å².